The van der Waals surface area contributed by atoms with Crippen molar-refractivity contribution in [3.63, 3.8) is 0 Å². The molecule has 0 saturated heterocycles. The monoisotopic (exact) mass is 441 g/mol. The van der Waals surface area contributed by atoms with Crippen LogP contribution in [0.1, 0.15) is 17.1 Å². The van der Waals surface area contributed by atoms with Gasteiger partial charge in [0.15, 0.2) is 17.2 Å². The van der Waals surface area contributed by atoms with E-state index in [1.54, 1.807) is 74.2 Å². The lowest BCUT2D eigenvalue weighted by molar-refractivity contribution is 0.297. The number of aromatic nitrogens is 3. The van der Waals surface area contributed by atoms with Gasteiger partial charge in [-0.3, -0.25) is 14.4 Å². The van der Waals surface area contributed by atoms with Crippen LogP contribution in [0.25, 0.3) is 0 Å². The van der Waals surface area contributed by atoms with Gasteiger partial charge in [-0.2, -0.15) is 0 Å². The standard InChI is InChI=1S/3C7H9NO2.Al/c3*1-5-7(10)6(9)3-4-8(5)2;/h3*3-4,10H,1-2H3;/q;;;+3/p-3. The van der Waals surface area contributed by atoms with Crippen LogP contribution in [0.2, 0.25) is 0 Å². The third-order valence-corrected chi connectivity index (χ3v) is 6.52. The molecular formula is C21H24AlN3O6. The quantitative estimate of drug-likeness (QED) is 0.534. The van der Waals surface area contributed by atoms with Crippen molar-refractivity contribution in [3.05, 3.63) is 84.5 Å². The molecule has 0 aromatic carbocycles. The molecule has 3 aromatic rings. The summed E-state index contributed by atoms with van der Waals surface area (Å²) >= 11 is -3.28. The molecule has 0 aliphatic carbocycles. The largest absolute Gasteiger partial charge is 1.20 e. The third-order valence-electron chi connectivity index (χ3n) is 5.24. The Labute approximate surface area is 184 Å². The molecular weight excluding hydrogens is 417 g/mol. The number of pyridine rings is 3. The van der Waals surface area contributed by atoms with Crippen molar-refractivity contribution < 1.29 is 11.4 Å². The van der Waals surface area contributed by atoms with Gasteiger partial charge >= 0.3 is 15.1 Å². The van der Waals surface area contributed by atoms with Crippen LogP contribution in [0.5, 0.6) is 17.2 Å². The van der Waals surface area contributed by atoms with Gasteiger partial charge in [0, 0.05) is 57.9 Å². The molecule has 0 aliphatic rings. The molecule has 0 spiro atoms. The fraction of sp³-hybridized carbons (Fsp3) is 0.286. The molecule has 3 heterocycles. The fourth-order valence-electron chi connectivity index (χ4n) is 2.91. The minimum Gasteiger partial charge on any atom is -0.573 e. The van der Waals surface area contributed by atoms with Crippen LogP contribution in [0.3, 0.4) is 0 Å². The van der Waals surface area contributed by atoms with Crippen molar-refractivity contribution in [3.8, 4) is 17.2 Å². The first-order valence-electron chi connectivity index (χ1n) is 9.58. The number of nitrogens with zero attached hydrogens (tertiary/aromatic N) is 3. The van der Waals surface area contributed by atoms with Crippen LogP contribution in [0.4, 0.5) is 0 Å². The molecule has 162 valence electrons. The van der Waals surface area contributed by atoms with Crippen molar-refractivity contribution in [1.82, 2.24) is 13.7 Å². The second kappa shape index (κ2) is 8.88. The van der Waals surface area contributed by atoms with Gasteiger partial charge in [-0.15, -0.1) is 0 Å². The lowest BCUT2D eigenvalue weighted by Crippen LogP contribution is -2.41. The summed E-state index contributed by atoms with van der Waals surface area (Å²) in [4.78, 5) is 37.3. The topological polar surface area (TPSA) is 93.7 Å². The highest BCUT2D eigenvalue weighted by Crippen LogP contribution is 2.19. The Kier molecular flexibility index (Phi) is 6.43. The molecule has 0 bridgehead atoms. The van der Waals surface area contributed by atoms with E-state index >= 15 is 0 Å². The number of aryl methyl sites for hydroxylation is 3. The third kappa shape index (κ3) is 4.60. The zero-order valence-electron chi connectivity index (χ0n) is 18.3. The summed E-state index contributed by atoms with van der Waals surface area (Å²) in [7, 11) is 5.32. The van der Waals surface area contributed by atoms with Gasteiger partial charge in [0.25, 0.3) is 0 Å². The Balaban J connectivity index is 2.10. The van der Waals surface area contributed by atoms with Crippen LogP contribution in [-0.2, 0) is 21.1 Å². The number of hydrogen-bond acceptors (Lipinski definition) is 6. The summed E-state index contributed by atoms with van der Waals surface area (Å²) < 4.78 is 23.0. The molecule has 0 radical (unpaired) electrons. The Morgan fingerprint density at radius 2 is 0.839 bits per heavy atom. The summed E-state index contributed by atoms with van der Waals surface area (Å²) in [6, 6.07) is 4.11. The van der Waals surface area contributed by atoms with Crippen LogP contribution in [0.15, 0.2) is 51.2 Å². The number of hydrogen-bond donors (Lipinski definition) is 0. The average molecular weight is 441 g/mol. The maximum atomic E-state index is 12.4. The van der Waals surface area contributed by atoms with Crippen molar-refractivity contribution in [2.24, 2.45) is 21.1 Å². The van der Waals surface area contributed by atoms with Crippen molar-refractivity contribution in [2.75, 3.05) is 0 Å². The van der Waals surface area contributed by atoms with Gasteiger partial charge in [-0.25, -0.2) is 0 Å². The molecule has 0 unspecified atom stereocenters. The smallest absolute Gasteiger partial charge is 0.573 e. The molecule has 3 aromatic heterocycles. The van der Waals surface area contributed by atoms with Crippen LogP contribution >= 0.6 is 0 Å². The SMILES string of the molecule is Cc1c([O][Al]([O]c2c(C)n(C)ccc2=O)[O]c2c(C)n(C)ccc2=O)c(=O)ccn1C. The summed E-state index contributed by atoms with van der Waals surface area (Å²) in [5, 5.41) is 0. The molecule has 0 saturated carbocycles. The van der Waals surface area contributed by atoms with Crippen LogP contribution < -0.4 is 27.7 Å². The van der Waals surface area contributed by atoms with Crippen molar-refractivity contribution in [2.45, 2.75) is 20.8 Å². The highest BCUT2D eigenvalue weighted by molar-refractivity contribution is 6.39. The second-order valence-corrected chi connectivity index (χ2v) is 8.54. The van der Waals surface area contributed by atoms with Gasteiger partial charge in [-0.1, -0.05) is 0 Å². The normalized spacial score (nSPS) is 10.6. The van der Waals surface area contributed by atoms with Gasteiger partial charge < -0.3 is 25.1 Å². The Bertz CT molecular complexity index is 1150. The average Bonchev–Trinajstić information content (AvgIpc) is 2.73. The first-order chi connectivity index (χ1) is 14.6. The van der Waals surface area contributed by atoms with Crippen molar-refractivity contribution >= 4 is 15.1 Å². The summed E-state index contributed by atoms with van der Waals surface area (Å²) in [5.74, 6) is 0.160. The Hall–Kier alpha value is -3.22. The lowest BCUT2D eigenvalue weighted by atomic mass is 10.3. The van der Waals surface area contributed by atoms with Gasteiger partial charge in [0.2, 0.25) is 16.3 Å². The fourth-order valence-corrected chi connectivity index (χ4v) is 4.49. The zero-order chi connectivity index (χ0) is 22.9. The predicted octanol–water partition coefficient (Wildman–Crippen LogP) is 1.23. The molecule has 0 N–H and O–H groups in total. The Morgan fingerprint density at radius 1 is 0.581 bits per heavy atom. The summed E-state index contributed by atoms with van der Waals surface area (Å²) in [5.41, 5.74) is 0.634. The van der Waals surface area contributed by atoms with Gasteiger partial charge in [0.1, 0.15) is 0 Å². The highest BCUT2D eigenvalue weighted by Gasteiger charge is 2.47. The van der Waals surface area contributed by atoms with E-state index in [4.69, 9.17) is 11.4 Å². The molecule has 0 amide bonds. The minimum atomic E-state index is -3.28. The molecule has 3 rings (SSSR count). The first kappa shape index (κ1) is 22.5. The van der Waals surface area contributed by atoms with Gasteiger partial charge in [-0.05, 0) is 20.8 Å². The molecule has 0 atom stereocenters. The van der Waals surface area contributed by atoms with E-state index in [9.17, 15) is 14.4 Å². The van der Waals surface area contributed by atoms with E-state index in [-0.39, 0.29) is 33.5 Å². The molecule has 9 nitrogen and oxygen atoms in total. The highest BCUT2D eigenvalue weighted by atomic mass is 27.3. The van der Waals surface area contributed by atoms with E-state index in [1.165, 1.54) is 18.2 Å². The van der Waals surface area contributed by atoms with Crippen molar-refractivity contribution in [1.29, 1.82) is 0 Å². The maximum absolute atomic E-state index is 12.4. The zero-order valence-corrected chi connectivity index (χ0v) is 19.5. The maximum Gasteiger partial charge on any atom is 1.20 e. The molecule has 0 fully saturated rings. The second-order valence-electron chi connectivity index (χ2n) is 7.26. The van der Waals surface area contributed by atoms with E-state index < -0.39 is 15.1 Å². The summed E-state index contributed by atoms with van der Waals surface area (Å²) in [6.07, 6.45) is 4.87. The molecule has 31 heavy (non-hydrogen) atoms. The Morgan fingerprint density at radius 3 is 1.10 bits per heavy atom. The van der Waals surface area contributed by atoms with Gasteiger partial charge in [0.05, 0.1) is 17.1 Å². The van der Waals surface area contributed by atoms with E-state index in [2.05, 4.69) is 0 Å². The van der Waals surface area contributed by atoms with E-state index in [0.717, 1.165) is 0 Å². The van der Waals surface area contributed by atoms with E-state index in [0.29, 0.717) is 17.1 Å². The first-order valence-corrected chi connectivity index (χ1v) is 11.0. The minimum absolute atomic E-state index is 0.0532. The van der Waals surface area contributed by atoms with E-state index in [1.807, 2.05) is 0 Å². The van der Waals surface area contributed by atoms with Crippen LogP contribution in [0, 0.1) is 20.8 Å². The lowest BCUT2D eigenvalue weighted by Gasteiger charge is -2.20. The predicted molar refractivity (Wildman–Crippen MR) is 117 cm³/mol. The van der Waals surface area contributed by atoms with Crippen LogP contribution in [-0.4, -0.2) is 28.9 Å². The number of rotatable bonds is 6. The molecule has 10 heteroatoms. The summed E-state index contributed by atoms with van der Waals surface area (Å²) in [6.45, 7) is 5.17. The molecule has 0 aliphatic heterocycles.